The van der Waals surface area contributed by atoms with Crippen molar-refractivity contribution in [1.82, 2.24) is 10.2 Å². The molecule has 0 spiro atoms. The van der Waals surface area contributed by atoms with Crippen LogP contribution >= 0.6 is 11.6 Å². The minimum atomic E-state index is -0.393. The predicted octanol–water partition coefficient (Wildman–Crippen LogP) is 3.39. The van der Waals surface area contributed by atoms with Gasteiger partial charge in [-0.2, -0.15) is 0 Å². The molecule has 5 heteroatoms. The average molecular weight is 313 g/mol. The van der Waals surface area contributed by atoms with E-state index in [1.54, 1.807) is 19.1 Å². The Hall–Kier alpha value is -1.13. The van der Waals surface area contributed by atoms with Crippen LogP contribution in [-0.2, 0) is 4.79 Å². The molecule has 3 nitrogen and oxygen atoms in total. The number of amides is 1. The molecule has 1 N–H and O–H groups in total. The van der Waals surface area contributed by atoms with Gasteiger partial charge in [0.25, 0.3) is 0 Å². The van der Waals surface area contributed by atoms with E-state index in [1.807, 2.05) is 11.8 Å². The zero-order valence-electron chi connectivity index (χ0n) is 12.7. The molecule has 1 aromatic carbocycles. The van der Waals surface area contributed by atoms with E-state index in [-0.39, 0.29) is 17.0 Å². The largest absolute Gasteiger partial charge is 0.343 e. The monoisotopic (exact) mass is 312 g/mol. The fourth-order valence-corrected chi connectivity index (χ4v) is 3.07. The molecule has 1 amide bonds. The third kappa shape index (κ3) is 3.95. The van der Waals surface area contributed by atoms with Crippen molar-refractivity contribution in [3.8, 4) is 0 Å². The SMILES string of the molecule is CC(=O)N1CC[C@H](N[C@H](C)c2ccc(F)c(Cl)c2)[C@@H](C)C1. The number of nitrogens with one attached hydrogen (secondary N) is 1. The maximum atomic E-state index is 13.2. The number of nitrogens with zero attached hydrogens (tertiary/aromatic N) is 1. The van der Waals surface area contributed by atoms with Gasteiger partial charge in [0.05, 0.1) is 5.02 Å². The average Bonchev–Trinajstić information content (AvgIpc) is 2.43. The molecule has 1 heterocycles. The van der Waals surface area contributed by atoms with Crippen LogP contribution < -0.4 is 5.32 Å². The summed E-state index contributed by atoms with van der Waals surface area (Å²) < 4.78 is 13.2. The Morgan fingerprint density at radius 3 is 2.81 bits per heavy atom. The quantitative estimate of drug-likeness (QED) is 0.928. The second-order valence-corrected chi connectivity index (χ2v) is 6.31. The van der Waals surface area contributed by atoms with E-state index < -0.39 is 5.82 Å². The number of benzene rings is 1. The molecular formula is C16H22ClFN2O. The topological polar surface area (TPSA) is 32.3 Å². The predicted molar refractivity (Wildman–Crippen MR) is 82.8 cm³/mol. The van der Waals surface area contributed by atoms with Gasteiger partial charge in [0.15, 0.2) is 0 Å². The molecule has 0 aliphatic carbocycles. The Kier molecular flexibility index (Phi) is 5.22. The number of hydrogen-bond acceptors (Lipinski definition) is 2. The number of carbonyl (C=O) groups is 1. The Balaban J connectivity index is 1.98. The van der Waals surface area contributed by atoms with Crippen molar-refractivity contribution in [3.05, 3.63) is 34.6 Å². The first-order valence-corrected chi connectivity index (χ1v) is 7.72. The van der Waals surface area contributed by atoms with E-state index in [9.17, 15) is 9.18 Å². The van der Waals surface area contributed by atoms with Crippen LogP contribution in [0.15, 0.2) is 18.2 Å². The number of halogens is 2. The van der Waals surface area contributed by atoms with E-state index >= 15 is 0 Å². The lowest BCUT2D eigenvalue weighted by Gasteiger charge is -2.38. The van der Waals surface area contributed by atoms with Gasteiger partial charge in [0, 0.05) is 32.1 Å². The third-order valence-corrected chi connectivity index (χ3v) is 4.55. The van der Waals surface area contributed by atoms with Gasteiger partial charge in [0.1, 0.15) is 5.82 Å². The smallest absolute Gasteiger partial charge is 0.219 e. The molecule has 1 aromatic rings. The molecule has 1 saturated heterocycles. The van der Waals surface area contributed by atoms with E-state index in [0.717, 1.165) is 25.1 Å². The zero-order chi connectivity index (χ0) is 15.6. The molecule has 1 aliphatic rings. The van der Waals surface area contributed by atoms with Crippen LogP contribution in [0.1, 0.15) is 38.8 Å². The van der Waals surface area contributed by atoms with Crippen LogP contribution in [0.5, 0.6) is 0 Å². The molecule has 1 fully saturated rings. The molecule has 0 unspecified atom stereocenters. The molecule has 1 aliphatic heterocycles. The lowest BCUT2D eigenvalue weighted by Crippen LogP contribution is -2.50. The molecule has 0 saturated carbocycles. The molecule has 0 radical (unpaired) electrons. The van der Waals surface area contributed by atoms with Crippen molar-refractivity contribution < 1.29 is 9.18 Å². The molecule has 2 rings (SSSR count). The van der Waals surface area contributed by atoms with Gasteiger partial charge >= 0.3 is 0 Å². The van der Waals surface area contributed by atoms with Crippen LogP contribution in [0, 0.1) is 11.7 Å². The summed E-state index contributed by atoms with van der Waals surface area (Å²) in [6.07, 6.45) is 0.931. The van der Waals surface area contributed by atoms with E-state index in [4.69, 9.17) is 11.6 Å². The van der Waals surface area contributed by atoms with Gasteiger partial charge in [-0.1, -0.05) is 24.6 Å². The van der Waals surface area contributed by atoms with E-state index in [2.05, 4.69) is 12.2 Å². The van der Waals surface area contributed by atoms with Crippen molar-refractivity contribution in [2.45, 2.75) is 39.3 Å². The molecule has 0 aromatic heterocycles. The Morgan fingerprint density at radius 2 is 2.24 bits per heavy atom. The van der Waals surface area contributed by atoms with Crippen molar-refractivity contribution in [3.63, 3.8) is 0 Å². The van der Waals surface area contributed by atoms with Crippen LogP contribution in [0.4, 0.5) is 4.39 Å². The van der Waals surface area contributed by atoms with Gasteiger partial charge in [-0.25, -0.2) is 4.39 Å². The zero-order valence-corrected chi connectivity index (χ0v) is 13.5. The van der Waals surface area contributed by atoms with Crippen LogP contribution in [0.3, 0.4) is 0 Å². The first-order valence-electron chi connectivity index (χ1n) is 7.35. The summed E-state index contributed by atoms with van der Waals surface area (Å²) >= 11 is 5.84. The van der Waals surface area contributed by atoms with Crippen molar-refractivity contribution in [2.75, 3.05) is 13.1 Å². The third-order valence-electron chi connectivity index (χ3n) is 4.26. The van der Waals surface area contributed by atoms with Crippen LogP contribution in [0.2, 0.25) is 5.02 Å². The fraction of sp³-hybridized carbons (Fsp3) is 0.562. The van der Waals surface area contributed by atoms with Crippen molar-refractivity contribution in [2.24, 2.45) is 5.92 Å². The highest BCUT2D eigenvalue weighted by atomic mass is 35.5. The maximum Gasteiger partial charge on any atom is 0.219 e. The lowest BCUT2D eigenvalue weighted by molar-refractivity contribution is -0.130. The standard InChI is InChI=1S/C16H22ClFN2O/c1-10-9-20(12(3)21)7-6-16(10)19-11(2)13-4-5-15(18)14(17)8-13/h4-5,8,10-11,16,19H,6-7,9H2,1-3H3/t10-,11+,16-/m0/s1. The summed E-state index contributed by atoms with van der Waals surface area (Å²) in [6, 6.07) is 5.27. The number of rotatable bonds is 3. The lowest BCUT2D eigenvalue weighted by atomic mass is 9.92. The van der Waals surface area contributed by atoms with Gasteiger partial charge in [-0.3, -0.25) is 4.79 Å². The van der Waals surface area contributed by atoms with Crippen LogP contribution in [-0.4, -0.2) is 29.9 Å². The fourth-order valence-electron chi connectivity index (χ4n) is 2.88. The molecule has 21 heavy (non-hydrogen) atoms. The second kappa shape index (κ2) is 6.75. The molecule has 0 bridgehead atoms. The maximum absolute atomic E-state index is 13.2. The van der Waals surface area contributed by atoms with E-state index in [0.29, 0.717) is 12.0 Å². The van der Waals surface area contributed by atoms with Gasteiger partial charge < -0.3 is 10.2 Å². The Bertz CT molecular complexity index is 523. The normalized spacial score (nSPS) is 24.0. The molecule has 116 valence electrons. The number of piperidine rings is 1. The first kappa shape index (κ1) is 16.2. The summed E-state index contributed by atoms with van der Waals surface area (Å²) in [7, 11) is 0. The van der Waals surface area contributed by atoms with Gasteiger partial charge in [-0.05, 0) is 37.0 Å². The minimum absolute atomic E-state index is 0.0967. The number of hydrogen-bond donors (Lipinski definition) is 1. The van der Waals surface area contributed by atoms with Crippen molar-refractivity contribution >= 4 is 17.5 Å². The summed E-state index contributed by atoms with van der Waals surface area (Å²) in [6.45, 7) is 7.38. The first-order chi connectivity index (χ1) is 9.88. The highest BCUT2D eigenvalue weighted by Crippen LogP contribution is 2.24. The van der Waals surface area contributed by atoms with Crippen LogP contribution in [0.25, 0.3) is 0 Å². The number of likely N-dealkylation sites (tertiary alicyclic amines) is 1. The Labute approximate surface area is 130 Å². The second-order valence-electron chi connectivity index (χ2n) is 5.90. The highest BCUT2D eigenvalue weighted by molar-refractivity contribution is 6.30. The summed E-state index contributed by atoms with van der Waals surface area (Å²) in [4.78, 5) is 13.3. The highest BCUT2D eigenvalue weighted by Gasteiger charge is 2.28. The summed E-state index contributed by atoms with van der Waals surface area (Å²) in [5.74, 6) is 0.135. The molecule has 3 atom stereocenters. The summed E-state index contributed by atoms with van der Waals surface area (Å²) in [5, 5.41) is 3.73. The van der Waals surface area contributed by atoms with Gasteiger partial charge in [0.2, 0.25) is 5.91 Å². The minimum Gasteiger partial charge on any atom is -0.343 e. The van der Waals surface area contributed by atoms with Crippen molar-refractivity contribution in [1.29, 1.82) is 0 Å². The number of carbonyl (C=O) groups excluding carboxylic acids is 1. The Morgan fingerprint density at radius 1 is 1.52 bits per heavy atom. The molecular weight excluding hydrogens is 291 g/mol. The summed E-state index contributed by atoms with van der Waals surface area (Å²) in [5.41, 5.74) is 0.975. The van der Waals surface area contributed by atoms with E-state index in [1.165, 1.54) is 6.07 Å². The van der Waals surface area contributed by atoms with Gasteiger partial charge in [-0.15, -0.1) is 0 Å².